The first-order valence-electron chi connectivity index (χ1n) is 13.8. The normalized spacial score (nSPS) is 40.8. The van der Waals surface area contributed by atoms with Crippen molar-refractivity contribution in [1.82, 2.24) is 15.0 Å². The number of ether oxygens (including phenoxy) is 1. The molecule has 4 aliphatic rings. The van der Waals surface area contributed by atoms with Gasteiger partial charge in [-0.3, -0.25) is 4.79 Å². The number of benzene rings is 1. The Morgan fingerprint density at radius 3 is 2.63 bits per heavy atom. The minimum absolute atomic E-state index is 0.130. The number of hydrogen-bond acceptors (Lipinski definition) is 4. The van der Waals surface area contributed by atoms with Crippen LogP contribution in [0.5, 0.6) is 0 Å². The van der Waals surface area contributed by atoms with E-state index >= 15 is 0 Å². The summed E-state index contributed by atoms with van der Waals surface area (Å²) in [7, 11) is 1.85. The zero-order chi connectivity index (χ0) is 24.4. The predicted octanol–water partition coefficient (Wildman–Crippen LogP) is 6.58. The fourth-order valence-corrected chi connectivity index (χ4v) is 9.68. The van der Waals surface area contributed by atoms with Gasteiger partial charge in [0.1, 0.15) is 17.6 Å². The Morgan fingerprint density at radius 2 is 1.80 bits per heavy atom. The number of carbonyl (C=O) groups excluding carboxylic acids is 1. The Balaban J connectivity index is 1.18. The SMILES string of the molecule is COCC1CCC2(C)C(CCC3C2CCC2(C)C(C(=O)Cn4nc5ccc(Cl)cc5n4)CCC32)C1. The molecule has 1 aromatic carbocycles. The molecule has 0 spiro atoms. The van der Waals surface area contributed by atoms with E-state index in [-0.39, 0.29) is 17.9 Å². The first-order chi connectivity index (χ1) is 16.8. The summed E-state index contributed by atoms with van der Waals surface area (Å²) in [6.07, 6.45) is 11.5. The van der Waals surface area contributed by atoms with Crippen LogP contribution in [-0.4, -0.2) is 34.5 Å². The predicted molar refractivity (Wildman–Crippen MR) is 138 cm³/mol. The van der Waals surface area contributed by atoms with Gasteiger partial charge in [0.2, 0.25) is 0 Å². The number of hydrogen-bond donors (Lipinski definition) is 0. The molecule has 35 heavy (non-hydrogen) atoms. The third-order valence-corrected chi connectivity index (χ3v) is 11.5. The van der Waals surface area contributed by atoms with Crippen LogP contribution in [0.25, 0.3) is 11.0 Å². The van der Waals surface area contributed by atoms with Gasteiger partial charge in [-0.1, -0.05) is 25.4 Å². The summed E-state index contributed by atoms with van der Waals surface area (Å²) < 4.78 is 5.52. The van der Waals surface area contributed by atoms with Crippen molar-refractivity contribution in [3.05, 3.63) is 23.2 Å². The summed E-state index contributed by atoms with van der Waals surface area (Å²) in [5.74, 6) is 4.37. The van der Waals surface area contributed by atoms with Gasteiger partial charge in [-0.2, -0.15) is 15.0 Å². The summed E-state index contributed by atoms with van der Waals surface area (Å²) in [5.41, 5.74) is 2.16. The van der Waals surface area contributed by atoms with Crippen LogP contribution in [0.3, 0.4) is 0 Å². The lowest BCUT2D eigenvalue weighted by atomic mass is 9.44. The number of Topliss-reactive ketones (excluding diaryl/α,β-unsaturated/α-hetero) is 1. The molecule has 6 rings (SSSR count). The van der Waals surface area contributed by atoms with E-state index in [1.165, 1.54) is 51.4 Å². The second-order valence-electron chi connectivity index (χ2n) is 12.8. The van der Waals surface area contributed by atoms with E-state index in [2.05, 4.69) is 24.0 Å². The zero-order valence-corrected chi connectivity index (χ0v) is 22.3. The molecule has 6 heteroatoms. The molecule has 0 bridgehead atoms. The Bertz CT molecular complexity index is 1120. The Morgan fingerprint density at radius 1 is 1.03 bits per heavy atom. The van der Waals surface area contributed by atoms with Crippen molar-refractivity contribution < 1.29 is 9.53 Å². The standard InChI is InChI=1S/C29H40ClN3O2/c1-28-12-10-18(17-35-3)14-19(28)4-6-21-22-7-8-24(29(22,2)13-11-23(21)28)27(34)16-33-31-25-9-5-20(30)15-26(25)32-33/h5,9,15,18-19,21-24H,4,6-8,10-14,16-17H2,1-3H3. The lowest BCUT2D eigenvalue weighted by Crippen LogP contribution is -2.54. The minimum atomic E-state index is 0.130. The van der Waals surface area contributed by atoms with E-state index in [1.54, 1.807) is 4.80 Å². The average Bonchev–Trinajstić information content (AvgIpc) is 3.38. The van der Waals surface area contributed by atoms with Gasteiger partial charge in [0.15, 0.2) is 5.78 Å². The Kier molecular flexibility index (Phi) is 6.03. The monoisotopic (exact) mass is 497 g/mol. The highest BCUT2D eigenvalue weighted by atomic mass is 35.5. The van der Waals surface area contributed by atoms with Crippen molar-refractivity contribution in [2.75, 3.05) is 13.7 Å². The number of methoxy groups -OCH3 is 1. The molecule has 8 unspecified atom stereocenters. The molecule has 1 heterocycles. The molecule has 0 amide bonds. The first-order valence-corrected chi connectivity index (χ1v) is 14.2. The molecular formula is C29H40ClN3O2. The maximum Gasteiger partial charge on any atom is 0.159 e. The van der Waals surface area contributed by atoms with Gasteiger partial charge in [-0.25, -0.2) is 0 Å². The van der Waals surface area contributed by atoms with Crippen LogP contribution in [-0.2, 0) is 16.1 Å². The molecule has 4 fully saturated rings. The van der Waals surface area contributed by atoms with Crippen LogP contribution in [0.4, 0.5) is 0 Å². The maximum atomic E-state index is 13.6. The summed E-state index contributed by atoms with van der Waals surface area (Å²) in [6.45, 7) is 6.27. The van der Waals surface area contributed by atoms with Crippen LogP contribution in [0.1, 0.15) is 71.6 Å². The number of carbonyl (C=O) groups is 1. The summed E-state index contributed by atoms with van der Waals surface area (Å²) in [5, 5.41) is 9.74. The maximum absolute atomic E-state index is 13.6. The fraction of sp³-hybridized carbons (Fsp3) is 0.759. The number of ketones is 1. The zero-order valence-electron chi connectivity index (χ0n) is 21.5. The van der Waals surface area contributed by atoms with E-state index < -0.39 is 0 Å². The molecule has 190 valence electrons. The van der Waals surface area contributed by atoms with Crippen molar-refractivity contribution in [2.24, 2.45) is 46.3 Å². The third kappa shape index (κ3) is 3.87. The fourth-order valence-electron chi connectivity index (χ4n) is 9.52. The van der Waals surface area contributed by atoms with Crippen LogP contribution in [0.15, 0.2) is 18.2 Å². The van der Waals surface area contributed by atoms with Crippen LogP contribution >= 0.6 is 11.6 Å². The van der Waals surface area contributed by atoms with E-state index in [0.29, 0.717) is 22.1 Å². The quantitative estimate of drug-likeness (QED) is 0.468. The minimum Gasteiger partial charge on any atom is -0.384 e. The molecule has 4 aliphatic carbocycles. The Labute approximate surface area is 214 Å². The van der Waals surface area contributed by atoms with Crippen molar-refractivity contribution >= 4 is 28.4 Å². The van der Waals surface area contributed by atoms with E-state index in [0.717, 1.165) is 47.7 Å². The van der Waals surface area contributed by atoms with Crippen LogP contribution in [0.2, 0.25) is 5.02 Å². The molecule has 8 atom stereocenters. The molecule has 0 radical (unpaired) electrons. The van der Waals surface area contributed by atoms with Crippen LogP contribution < -0.4 is 0 Å². The number of nitrogens with zero attached hydrogens (tertiary/aromatic N) is 3. The number of aromatic nitrogens is 3. The van der Waals surface area contributed by atoms with Gasteiger partial charge < -0.3 is 4.74 Å². The van der Waals surface area contributed by atoms with Crippen molar-refractivity contribution in [1.29, 1.82) is 0 Å². The summed E-state index contributed by atoms with van der Waals surface area (Å²) in [4.78, 5) is 15.2. The molecule has 0 aliphatic heterocycles. The second-order valence-corrected chi connectivity index (χ2v) is 13.2. The largest absolute Gasteiger partial charge is 0.384 e. The molecule has 5 nitrogen and oxygen atoms in total. The van der Waals surface area contributed by atoms with Gasteiger partial charge in [0.25, 0.3) is 0 Å². The number of rotatable bonds is 5. The molecule has 4 saturated carbocycles. The molecule has 1 aromatic heterocycles. The number of fused-ring (bicyclic) bond motifs is 6. The summed E-state index contributed by atoms with van der Waals surface area (Å²) in [6, 6.07) is 5.52. The molecule has 0 saturated heterocycles. The molecular weight excluding hydrogens is 458 g/mol. The van der Waals surface area contributed by atoms with E-state index in [4.69, 9.17) is 16.3 Å². The highest BCUT2D eigenvalue weighted by molar-refractivity contribution is 6.31. The van der Waals surface area contributed by atoms with Gasteiger partial charge in [-0.15, -0.1) is 0 Å². The smallest absolute Gasteiger partial charge is 0.159 e. The van der Waals surface area contributed by atoms with Gasteiger partial charge >= 0.3 is 0 Å². The highest BCUT2D eigenvalue weighted by Crippen LogP contribution is 2.67. The average molecular weight is 498 g/mol. The summed E-state index contributed by atoms with van der Waals surface area (Å²) >= 11 is 6.11. The van der Waals surface area contributed by atoms with Crippen molar-refractivity contribution in [2.45, 2.75) is 78.2 Å². The van der Waals surface area contributed by atoms with E-state index in [9.17, 15) is 4.79 Å². The van der Waals surface area contributed by atoms with Crippen LogP contribution in [0, 0.1) is 46.3 Å². The van der Waals surface area contributed by atoms with Gasteiger partial charge in [0.05, 0.1) is 0 Å². The molecule has 0 N–H and O–H groups in total. The Hall–Kier alpha value is -1.46. The third-order valence-electron chi connectivity index (χ3n) is 11.2. The number of halogens is 1. The lowest BCUT2D eigenvalue weighted by Gasteiger charge is -2.61. The second kappa shape index (κ2) is 8.83. The highest BCUT2D eigenvalue weighted by Gasteiger charge is 2.61. The van der Waals surface area contributed by atoms with Gasteiger partial charge in [0, 0.05) is 24.7 Å². The van der Waals surface area contributed by atoms with Gasteiger partial charge in [-0.05, 0) is 116 Å². The van der Waals surface area contributed by atoms with Crippen molar-refractivity contribution in [3.63, 3.8) is 0 Å². The lowest BCUT2D eigenvalue weighted by molar-refractivity contribution is -0.138. The molecule has 2 aromatic rings. The van der Waals surface area contributed by atoms with Crippen molar-refractivity contribution in [3.8, 4) is 0 Å². The topological polar surface area (TPSA) is 57.0 Å². The first kappa shape index (κ1) is 23.9. The van der Waals surface area contributed by atoms with E-state index in [1.807, 2.05) is 25.3 Å².